The number of anilines is 2. The van der Waals surface area contributed by atoms with E-state index in [1.807, 2.05) is 18.7 Å². The van der Waals surface area contributed by atoms with Crippen LogP contribution in [0.5, 0.6) is 0 Å². The largest absolute Gasteiger partial charge is 0.384 e. The van der Waals surface area contributed by atoms with Gasteiger partial charge in [-0.3, -0.25) is 0 Å². The summed E-state index contributed by atoms with van der Waals surface area (Å²) in [4.78, 5) is 12.9. The summed E-state index contributed by atoms with van der Waals surface area (Å²) >= 11 is 5.77. The molecule has 0 bridgehead atoms. The second-order valence-electron chi connectivity index (χ2n) is 7.79. The summed E-state index contributed by atoms with van der Waals surface area (Å²) in [7, 11) is -4.31. The topological polar surface area (TPSA) is 114 Å². The third-order valence-corrected chi connectivity index (χ3v) is 6.99. The highest BCUT2D eigenvalue weighted by atomic mass is 35.5. The second kappa shape index (κ2) is 7.07. The summed E-state index contributed by atoms with van der Waals surface area (Å²) in [5.74, 6) is -0.197. The highest BCUT2D eigenvalue weighted by Crippen LogP contribution is 2.37. The molecule has 3 heterocycles. The Hall–Kier alpha value is -2.43. The number of H-pyrrole nitrogens is 1. The van der Waals surface area contributed by atoms with Gasteiger partial charge in [-0.1, -0.05) is 11.6 Å². The number of halogens is 2. The number of nitrogens with two attached hydrogens (primary N) is 1. The number of rotatable bonds is 3. The summed E-state index contributed by atoms with van der Waals surface area (Å²) in [6.45, 7) is 7.21. The van der Waals surface area contributed by atoms with E-state index in [1.54, 1.807) is 6.92 Å². The van der Waals surface area contributed by atoms with Gasteiger partial charge in [0, 0.05) is 18.1 Å². The average Bonchev–Trinajstić information content (AvgIpc) is 2.96. The summed E-state index contributed by atoms with van der Waals surface area (Å²) in [6, 6.07) is 3.37. The van der Waals surface area contributed by atoms with Gasteiger partial charge in [-0.15, -0.1) is 0 Å². The highest BCUT2D eigenvalue weighted by Gasteiger charge is 2.33. The van der Waals surface area contributed by atoms with E-state index in [-0.39, 0.29) is 21.3 Å². The maximum atomic E-state index is 14.4. The van der Waals surface area contributed by atoms with Crippen molar-refractivity contribution in [2.45, 2.75) is 36.2 Å². The van der Waals surface area contributed by atoms with Gasteiger partial charge in [0.2, 0.25) is 9.84 Å². The van der Waals surface area contributed by atoms with Crippen molar-refractivity contribution in [1.29, 1.82) is 0 Å². The van der Waals surface area contributed by atoms with E-state index in [0.717, 1.165) is 12.1 Å². The lowest BCUT2D eigenvalue weighted by Gasteiger charge is -2.38. The maximum Gasteiger partial charge on any atom is 0.215 e. The lowest BCUT2D eigenvalue weighted by Crippen LogP contribution is -2.48. The molecule has 3 aromatic rings. The van der Waals surface area contributed by atoms with Gasteiger partial charge in [-0.05, 0) is 39.0 Å². The van der Waals surface area contributed by atoms with Gasteiger partial charge < -0.3 is 20.4 Å². The molecule has 2 aromatic heterocycles. The summed E-state index contributed by atoms with van der Waals surface area (Å²) < 4.78 is 46.8. The number of nitrogens with zero attached hydrogens (tertiary/aromatic N) is 3. The molecule has 0 radical (unpaired) electrons. The van der Waals surface area contributed by atoms with Gasteiger partial charge in [-0.25, -0.2) is 22.8 Å². The number of nitrogen functional groups attached to an aromatic ring is 1. The second-order valence-corrected chi connectivity index (χ2v) is 10.1. The molecule has 1 aromatic carbocycles. The number of ether oxygens (including phenoxy) is 1. The smallest absolute Gasteiger partial charge is 0.215 e. The van der Waals surface area contributed by atoms with Gasteiger partial charge in [0.25, 0.3) is 0 Å². The summed E-state index contributed by atoms with van der Waals surface area (Å²) in [5, 5.41) is 0.0914. The molecule has 0 aliphatic carbocycles. The van der Waals surface area contributed by atoms with E-state index in [1.165, 1.54) is 6.07 Å². The van der Waals surface area contributed by atoms with Crippen molar-refractivity contribution < 1.29 is 17.5 Å². The molecule has 0 amide bonds. The third kappa shape index (κ3) is 3.48. The molecule has 8 nitrogen and oxygen atoms in total. The van der Waals surface area contributed by atoms with E-state index >= 15 is 0 Å². The third-order valence-electron chi connectivity index (χ3n) is 4.90. The van der Waals surface area contributed by atoms with Crippen LogP contribution < -0.4 is 10.6 Å². The van der Waals surface area contributed by atoms with Crippen molar-refractivity contribution in [1.82, 2.24) is 15.0 Å². The molecule has 30 heavy (non-hydrogen) atoms. The lowest BCUT2D eigenvalue weighted by molar-refractivity contribution is -0.0278. The number of benzene rings is 1. The van der Waals surface area contributed by atoms with Gasteiger partial charge in [0.1, 0.15) is 38.3 Å². The van der Waals surface area contributed by atoms with Gasteiger partial charge >= 0.3 is 0 Å². The Morgan fingerprint density at radius 1 is 1.33 bits per heavy atom. The number of fused-ring (bicyclic) bond motifs is 1. The fraction of sp³-hybridized carbons (Fsp3) is 0.368. The van der Waals surface area contributed by atoms with Crippen LogP contribution in [0.2, 0.25) is 5.02 Å². The molecule has 1 aliphatic rings. The van der Waals surface area contributed by atoms with Gasteiger partial charge in [-0.2, -0.15) is 0 Å². The number of nitrogens with one attached hydrogen (secondary N) is 1. The molecule has 11 heteroatoms. The lowest BCUT2D eigenvalue weighted by atomic mass is 10.1. The fourth-order valence-electron chi connectivity index (χ4n) is 3.66. The van der Waals surface area contributed by atoms with Crippen molar-refractivity contribution >= 4 is 44.1 Å². The Kier molecular flexibility index (Phi) is 4.91. The number of sulfone groups is 1. The molecule has 0 unspecified atom stereocenters. The zero-order valence-corrected chi connectivity index (χ0v) is 18.2. The molecule has 0 saturated carbocycles. The van der Waals surface area contributed by atoms with Crippen LogP contribution in [0.3, 0.4) is 0 Å². The van der Waals surface area contributed by atoms with Crippen LogP contribution in [0.1, 0.15) is 19.7 Å². The number of aromatic amines is 1. The number of aryl methyl sites for hydroxylation is 1. The van der Waals surface area contributed by atoms with Crippen LogP contribution in [0.25, 0.3) is 11.0 Å². The Morgan fingerprint density at radius 3 is 2.73 bits per heavy atom. The van der Waals surface area contributed by atoms with Crippen LogP contribution >= 0.6 is 11.6 Å². The molecule has 4 rings (SSSR count). The molecule has 1 aliphatic heterocycles. The monoisotopic (exact) mass is 453 g/mol. The van der Waals surface area contributed by atoms with E-state index in [2.05, 4.69) is 15.0 Å². The molecule has 1 saturated heterocycles. The summed E-state index contributed by atoms with van der Waals surface area (Å²) in [6.07, 6.45) is 0. The SMILES string of the molecule is Cc1nc(N2CCOC(C)(C)C2)c2[nH]c(N)c(S(=O)(=O)c3ccc(Cl)cc3F)c2n1. The zero-order valence-electron chi connectivity index (χ0n) is 16.7. The average molecular weight is 454 g/mol. The van der Waals surface area contributed by atoms with Crippen molar-refractivity contribution in [2.75, 3.05) is 30.3 Å². The molecule has 1 fully saturated rings. The predicted molar refractivity (Wildman–Crippen MR) is 112 cm³/mol. The Labute approximate surface area is 178 Å². The number of morpholine rings is 1. The first-order valence-corrected chi connectivity index (χ1v) is 11.1. The minimum Gasteiger partial charge on any atom is -0.384 e. The molecule has 0 atom stereocenters. The Morgan fingerprint density at radius 2 is 2.07 bits per heavy atom. The first-order chi connectivity index (χ1) is 14.0. The Bertz CT molecular complexity index is 1260. The van der Waals surface area contributed by atoms with E-state index < -0.39 is 26.2 Å². The van der Waals surface area contributed by atoms with Crippen LogP contribution in [-0.2, 0) is 14.6 Å². The fourth-order valence-corrected chi connectivity index (χ4v) is 5.34. The van der Waals surface area contributed by atoms with E-state index in [9.17, 15) is 12.8 Å². The zero-order chi connectivity index (χ0) is 21.8. The van der Waals surface area contributed by atoms with Crippen molar-refractivity contribution in [3.05, 3.63) is 34.9 Å². The Balaban J connectivity index is 1.93. The predicted octanol–water partition coefficient (Wildman–Crippen LogP) is 3.09. The number of aromatic nitrogens is 3. The van der Waals surface area contributed by atoms with E-state index in [0.29, 0.717) is 36.9 Å². The van der Waals surface area contributed by atoms with Crippen molar-refractivity contribution in [2.24, 2.45) is 0 Å². The molecule has 0 spiro atoms. The standard InChI is InChI=1S/C19H21ClFN5O3S/c1-10-23-14-15(18(24-10)26-6-7-29-19(2,3)9-26)25-17(22)16(14)30(27,28)13-5-4-11(20)8-12(13)21/h4-5,8,25H,6-7,9,22H2,1-3H3. The number of hydrogen-bond acceptors (Lipinski definition) is 7. The van der Waals surface area contributed by atoms with Crippen LogP contribution in [0.4, 0.5) is 16.0 Å². The van der Waals surface area contributed by atoms with Crippen LogP contribution in [0.15, 0.2) is 28.0 Å². The van der Waals surface area contributed by atoms with Crippen molar-refractivity contribution in [3.63, 3.8) is 0 Å². The first kappa shape index (κ1) is 20.8. The number of hydrogen-bond donors (Lipinski definition) is 2. The van der Waals surface area contributed by atoms with E-state index in [4.69, 9.17) is 22.1 Å². The minimum atomic E-state index is -4.31. The highest BCUT2D eigenvalue weighted by molar-refractivity contribution is 7.92. The molecule has 3 N–H and O–H groups in total. The van der Waals surface area contributed by atoms with Gasteiger partial charge in [0.05, 0.1) is 12.2 Å². The van der Waals surface area contributed by atoms with Gasteiger partial charge in [0.15, 0.2) is 5.82 Å². The maximum absolute atomic E-state index is 14.4. The van der Waals surface area contributed by atoms with Crippen molar-refractivity contribution in [3.8, 4) is 0 Å². The van der Waals surface area contributed by atoms with Crippen LogP contribution in [0, 0.1) is 12.7 Å². The normalized spacial score (nSPS) is 16.9. The summed E-state index contributed by atoms with van der Waals surface area (Å²) in [5.41, 5.74) is 6.16. The first-order valence-electron chi connectivity index (χ1n) is 9.24. The molecular weight excluding hydrogens is 433 g/mol. The minimum absolute atomic E-state index is 0.0914. The quantitative estimate of drug-likeness (QED) is 0.626. The van der Waals surface area contributed by atoms with Crippen LogP contribution in [-0.4, -0.2) is 48.7 Å². The molecular formula is C19H21ClFN5O3S. The molecule has 160 valence electrons.